The van der Waals surface area contributed by atoms with Crippen molar-refractivity contribution in [1.82, 2.24) is 10.3 Å². The van der Waals surface area contributed by atoms with Crippen molar-refractivity contribution in [2.75, 3.05) is 11.8 Å². The number of methoxy groups -OCH3 is 1. The maximum atomic E-state index is 12.6. The first kappa shape index (κ1) is 23.6. The molecule has 0 aliphatic carbocycles. The van der Waals surface area contributed by atoms with Gasteiger partial charge in [0.05, 0.1) is 17.6 Å². The molecule has 9 heteroatoms. The predicted molar refractivity (Wildman–Crippen MR) is 126 cm³/mol. The zero-order valence-electron chi connectivity index (χ0n) is 18.0. The first-order valence-electron chi connectivity index (χ1n) is 10.0. The minimum atomic E-state index is -3.73. The summed E-state index contributed by atoms with van der Waals surface area (Å²) >= 11 is 1.42. The Kier molecular flexibility index (Phi) is 7.76. The molecule has 0 radical (unpaired) electrons. The summed E-state index contributed by atoms with van der Waals surface area (Å²) in [5.41, 5.74) is 0.958. The summed E-state index contributed by atoms with van der Waals surface area (Å²) in [6.45, 7) is 3.97. The average molecular weight is 472 g/mol. The Bertz CT molecular complexity index is 1160. The summed E-state index contributed by atoms with van der Waals surface area (Å²) in [4.78, 5) is 17.5. The minimum absolute atomic E-state index is 0.108. The lowest BCUT2D eigenvalue weighted by atomic mass is 10.2. The molecule has 0 bridgehead atoms. The van der Waals surface area contributed by atoms with Crippen molar-refractivity contribution >= 4 is 33.4 Å². The summed E-state index contributed by atoms with van der Waals surface area (Å²) in [5, 5.41) is 3.64. The fraction of sp³-hybridized carbons (Fsp3) is 0.217. The molecule has 0 saturated heterocycles. The molecule has 0 fully saturated rings. The van der Waals surface area contributed by atoms with E-state index in [1.165, 1.54) is 31.0 Å². The number of hydrogen-bond donors (Lipinski definition) is 2. The van der Waals surface area contributed by atoms with Crippen molar-refractivity contribution in [3.63, 3.8) is 0 Å². The van der Waals surface area contributed by atoms with Crippen LogP contribution in [0.15, 0.2) is 81.7 Å². The van der Waals surface area contributed by atoms with Gasteiger partial charge in [0.25, 0.3) is 15.9 Å². The second kappa shape index (κ2) is 10.5. The number of aromatic nitrogens is 1. The van der Waals surface area contributed by atoms with E-state index in [1.54, 1.807) is 54.7 Å². The van der Waals surface area contributed by atoms with Crippen LogP contribution >= 0.6 is 11.8 Å². The fourth-order valence-electron chi connectivity index (χ4n) is 2.68. The van der Waals surface area contributed by atoms with Gasteiger partial charge in [-0.05, 0) is 61.9 Å². The highest BCUT2D eigenvalue weighted by molar-refractivity contribution is 7.99. The van der Waals surface area contributed by atoms with E-state index in [0.717, 1.165) is 16.3 Å². The molecular formula is C23H25N3O4S2. The van der Waals surface area contributed by atoms with Crippen LogP contribution < -0.4 is 14.8 Å². The van der Waals surface area contributed by atoms with E-state index in [0.29, 0.717) is 17.0 Å². The molecule has 2 aromatic carbocycles. The third kappa shape index (κ3) is 6.24. The van der Waals surface area contributed by atoms with E-state index in [1.807, 2.05) is 13.8 Å². The predicted octanol–water partition coefficient (Wildman–Crippen LogP) is 4.57. The summed E-state index contributed by atoms with van der Waals surface area (Å²) in [5.74, 6) is 0.326. The Morgan fingerprint density at radius 3 is 2.50 bits per heavy atom. The van der Waals surface area contributed by atoms with Crippen LogP contribution in [0.5, 0.6) is 5.75 Å². The van der Waals surface area contributed by atoms with Gasteiger partial charge in [-0.1, -0.05) is 24.8 Å². The van der Waals surface area contributed by atoms with Gasteiger partial charge in [-0.15, -0.1) is 0 Å². The van der Waals surface area contributed by atoms with Gasteiger partial charge in [-0.2, -0.15) is 0 Å². The Hall–Kier alpha value is -3.04. The number of carbonyl (C=O) groups is 1. The highest BCUT2D eigenvalue weighted by Crippen LogP contribution is 2.28. The highest BCUT2D eigenvalue weighted by atomic mass is 32.2. The Morgan fingerprint density at radius 1 is 1.12 bits per heavy atom. The molecule has 1 heterocycles. The molecule has 3 aromatic rings. The van der Waals surface area contributed by atoms with Crippen LogP contribution in [-0.2, 0) is 10.0 Å². The minimum Gasteiger partial charge on any atom is -0.497 e. The van der Waals surface area contributed by atoms with E-state index < -0.39 is 10.0 Å². The second-order valence-corrected chi connectivity index (χ2v) is 9.85. The summed E-state index contributed by atoms with van der Waals surface area (Å²) < 4.78 is 32.9. The van der Waals surface area contributed by atoms with E-state index >= 15 is 0 Å². The number of carbonyl (C=O) groups excluding carboxylic acids is 1. The molecule has 3 rings (SSSR count). The quantitative estimate of drug-likeness (QED) is 0.474. The smallest absolute Gasteiger partial charge is 0.262 e. The van der Waals surface area contributed by atoms with Gasteiger partial charge in [0.1, 0.15) is 10.8 Å². The SMILES string of the molecule is CC[C@H](C)NC(=O)c1ccc(Sc2ccc(NS(=O)(=O)c3cccc(OC)c3)cc2)nc1. The third-order valence-electron chi connectivity index (χ3n) is 4.67. The van der Waals surface area contributed by atoms with E-state index in [2.05, 4.69) is 15.0 Å². The molecular weight excluding hydrogens is 446 g/mol. The number of sulfonamides is 1. The van der Waals surface area contributed by atoms with Crippen LogP contribution in [0.3, 0.4) is 0 Å². The van der Waals surface area contributed by atoms with Crippen molar-refractivity contribution in [3.8, 4) is 5.75 Å². The van der Waals surface area contributed by atoms with Crippen molar-refractivity contribution in [2.45, 2.75) is 41.1 Å². The maximum absolute atomic E-state index is 12.6. The van der Waals surface area contributed by atoms with Crippen LogP contribution in [0, 0.1) is 0 Å². The largest absolute Gasteiger partial charge is 0.497 e. The fourth-order valence-corrected chi connectivity index (χ4v) is 4.53. The molecule has 32 heavy (non-hydrogen) atoms. The van der Waals surface area contributed by atoms with E-state index in [9.17, 15) is 13.2 Å². The number of pyridine rings is 1. The Morgan fingerprint density at radius 2 is 1.88 bits per heavy atom. The molecule has 2 N–H and O–H groups in total. The number of nitrogens with one attached hydrogen (secondary N) is 2. The number of anilines is 1. The first-order chi connectivity index (χ1) is 15.3. The van der Waals surface area contributed by atoms with Crippen molar-refractivity contribution in [1.29, 1.82) is 0 Å². The van der Waals surface area contributed by atoms with Crippen LogP contribution in [0.4, 0.5) is 5.69 Å². The molecule has 1 amide bonds. The highest BCUT2D eigenvalue weighted by Gasteiger charge is 2.15. The number of ether oxygens (including phenoxy) is 1. The van der Waals surface area contributed by atoms with Crippen LogP contribution in [0.2, 0.25) is 0 Å². The van der Waals surface area contributed by atoms with Gasteiger partial charge in [0, 0.05) is 28.9 Å². The van der Waals surface area contributed by atoms with Gasteiger partial charge >= 0.3 is 0 Å². The summed E-state index contributed by atoms with van der Waals surface area (Å²) in [6.07, 6.45) is 2.41. The number of rotatable bonds is 9. The molecule has 168 valence electrons. The number of nitrogens with zero attached hydrogens (tertiary/aromatic N) is 1. The Balaban J connectivity index is 1.64. The van der Waals surface area contributed by atoms with Crippen molar-refractivity contribution in [3.05, 3.63) is 72.4 Å². The zero-order chi connectivity index (χ0) is 23.1. The zero-order valence-corrected chi connectivity index (χ0v) is 19.7. The topological polar surface area (TPSA) is 97.4 Å². The standard InChI is InChI=1S/C23H25N3O4S2/c1-4-16(2)25-23(27)17-8-13-22(24-15-17)31-20-11-9-18(10-12-20)26-32(28,29)21-7-5-6-19(14-21)30-3/h5-16,26H,4H2,1-3H3,(H,25,27)/t16-/m0/s1. The van der Waals surface area contributed by atoms with Crippen molar-refractivity contribution in [2.24, 2.45) is 0 Å². The maximum Gasteiger partial charge on any atom is 0.262 e. The van der Waals surface area contributed by atoms with Crippen LogP contribution in [0.25, 0.3) is 0 Å². The second-order valence-electron chi connectivity index (χ2n) is 7.08. The van der Waals surface area contributed by atoms with Crippen LogP contribution in [-0.4, -0.2) is 32.5 Å². The lowest BCUT2D eigenvalue weighted by Crippen LogP contribution is -2.31. The van der Waals surface area contributed by atoms with E-state index in [4.69, 9.17) is 4.74 Å². The van der Waals surface area contributed by atoms with Gasteiger partial charge in [-0.25, -0.2) is 13.4 Å². The first-order valence-corrected chi connectivity index (χ1v) is 12.3. The molecule has 7 nitrogen and oxygen atoms in total. The van der Waals surface area contributed by atoms with Gasteiger partial charge in [-0.3, -0.25) is 9.52 Å². The van der Waals surface area contributed by atoms with E-state index in [-0.39, 0.29) is 16.8 Å². The lowest BCUT2D eigenvalue weighted by molar-refractivity contribution is 0.0939. The number of amides is 1. The van der Waals surface area contributed by atoms with Crippen molar-refractivity contribution < 1.29 is 17.9 Å². The average Bonchev–Trinajstić information content (AvgIpc) is 2.80. The van der Waals surface area contributed by atoms with Gasteiger partial charge in [0.15, 0.2) is 0 Å². The molecule has 1 atom stereocenters. The Labute approximate surface area is 192 Å². The molecule has 0 aliphatic heterocycles. The number of hydrogen-bond acceptors (Lipinski definition) is 6. The third-order valence-corrected chi connectivity index (χ3v) is 7.01. The normalized spacial score (nSPS) is 12.1. The molecule has 0 aliphatic rings. The summed E-state index contributed by atoms with van der Waals surface area (Å²) in [6, 6.07) is 16.9. The van der Waals surface area contributed by atoms with Gasteiger partial charge < -0.3 is 10.1 Å². The number of benzene rings is 2. The lowest BCUT2D eigenvalue weighted by Gasteiger charge is -2.11. The molecule has 1 aromatic heterocycles. The summed E-state index contributed by atoms with van der Waals surface area (Å²) in [7, 11) is -2.24. The van der Waals surface area contributed by atoms with Gasteiger partial charge in [0.2, 0.25) is 0 Å². The molecule has 0 unspecified atom stereocenters. The monoisotopic (exact) mass is 471 g/mol. The molecule has 0 saturated carbocycles. The molecule has 0 spiro atoms. The van der Waals surface area contributed by atoms with Crippen LogP contribution in [0.1, 0.15) is 30.6 Å².